The zero-order chi connectivity index (χ0) is 15.1. The number of hydrogen-bond donors (Lipinski definition) is 0. The highest BCUT2D eigenvalue weighted by atomic mass is 32.1. The van der Waals surface area contributed by atoms with E-state index in [0.29, 0.717) is 17.2 Å². The van der Waals surface area contributed by atoms with Crippen LogP contribution < -0.4 is 4.90 Å². The molecule has 0 spiro atoms. The lowest BCUT2D eigenvalue weighted by Gasteiger charge is -2.17. The molecule has 0 saturated heterocycles. The predicted octanol–water partition coefficient (Wildman–Crippen LogP) is 3.27. The number of anilines is 1. The molecule has 0 N–H and O–H groups in total. The Bertz CT molecular complexity index is 586. The highest BCUT2D eigenvalue weighted by Gasteiger charge is 2.43. The monoisotopic (exact) mass is 302 g/mol. The zero-order valence-corrected chi connectivity index (χ0v) is 11.9. The van der Waals surface area contributed by atoms with E-state index in [1.54, 1.807) is 0 Å². The van der Waals surface area contributed by atoms with Gasteiger partial charge in [-0.05, 0) is 30.7 Å². The number of alkyl halides is 3. The van der Waals surface area contributed by atoms with E-state index < -0.39 is 12.1 Å². The summed E-state index contributed by atoms with van der Waals surface area (Å²) in [6.45, 7) is 2.07. The van der Waals surface area contributed by atoms with Gasteiger partial charge in [0.15, 0.2) is 0 Å². The molecule has 0 radical (unpaired) electrons. The smallest absolute Gasteiger partial charge is 0.298 e. The summed E-state index contributed by atoms with van der Waals surface area (Å²) in [7, 11) is 1.07. The molecule has 0 bridgehead atoms. The summed E-state index contributed by atoms with van der Waals surface area (Å²) in [5.74, 6) is -1.50. The topological polar surface area (TPSA) is 44.1 Å². The van der Waals surface area contributed by atoms with Gasteiger partial charge in [-0.25, -0.2) is 0 Å². The van der Waals surface area contributed by atoms with Crippen molar-refractivity contribution in [3.63, 3.8) is 0 Å². The van der Waals surface area contributed by atoms with E-state index in [1.165, 1.54) is 0 Å². The molecule has 0 aliphatic heterocycles. The van der Waals surface area contributed by atoms with Crippen LogP contribution in [-0.4, -0.2) is 19.1 Å². The summed E-state index contributed by atoms with van der Waals surface area (Å²) in [5.41, 5.74) is 1.03. The maximum absolute atomic E-state index is 12.5. The molecule has 108 valence electrons. The Morgan fingerprint density at radius 1 is 1.50 bits per heavy atom. The molecular formula is C13H13F3N2OS. The highest BCUT2D eigenvalue weighted by Crippen LogP contribution is 2.41. The molecule has 3 nitrogen and oxygen atoms in total. The van der Waals surface area contributed by atoms with Crippen LogP contribution in [0.25, 0.3) is 0 Å². The Hall–Kier alpha value is -1.55. The molecule has 1 aliphatic rings. The minimum absolute atomic E-state index is 0.105. The Labute approximate surface area is 118 Å². The number of hydrogen-bond acceptors (Lipinski definition) is 3. The lowest BCUT2D eigenvalue weighted by atomic mass is 9.88. The average Bonchev–Trinajstić information content (AvgIpc) is 2.73. The molecule has 20 heavy (non-hydrogen) atoms. The van der Waals surface area contributed by atoms with Crippen LogP contribution in [0, 0.1) is 17.2 Å². The van der Waals surface area contributed by atoms with Gasteiger partial charge in [-0.1, -0.05) is 6.92 Å². The number of nitriles is 1. The highest BCUT2D eigenvalue weighted by molar-refractivity contribution is 7.16. The summed E-state index contributed by atoms with van der Waals surface area (Å²) < 4.78 is 37.5. The van der Waals surface area contributed by atoms with E-state index in [9.17, 15) is 23.2 Å². The molecule has 1 aromatic heterocycles. The normalized spacial score (nSPS) is 18.3. The summed E-state index contributed by atoms with van der Waals surface area (Å²) >= 11 is 1.13. The van der Waals surface area contributed by atoms with Crippen molar-refractivity contribution in [2.45, 2.75) is 32.4 Å². The van der Waals surface area contributed by atoms with Crippen molar-refractivity contribution in [1.29, 1.82) is 5.26 Å². The Kier molecular flexibility index (Phi) is 3.78. The van der Waals surface area contributed by atoms with Crippen LogP contribution in [0.4, 0.5) is 18.2 Å². The number of fused-ring (bicyclic) bond motifs is 1. The van der Waals surface area contributed by atoms with Gasteiger partial charge >= 0.3 is 12.1 Å². The maximum Gasteiger partial charge on any atom is 0.471 e. The third kappa shape index (κ3) is 2.52. The maximum atomic E-state index is 12.5. The van der Waals surface area contributed by atoms with Crippen molar-refractivity contribution in [2.75, 3.05) is 11.9 Å². The van der Waals surface area contributed by atoms with Gasteiger partial charge in [0, 0.05) is 11.9 Å². The summed E-state index contributed by atoms with van der Waals surface area (Å²) in [5, 5.41) is 9.31. The van der Waals surface area contributed by atoms with Gasteiger partial charge in [0.2, 0.25) is 0 Å². The second kappa shape index (κ2) is 5.09. The second-order valence-electron chi connectivity index (χ2n) is 5.01. The van der Waals surface area contributed by atoms with Crippen LogP contribution in [0.3, 0.4) is 0 Å². The first kappa shape index (κ1) is 14.9. The quantitative estimate of drug-likeness (QED) is 0.799. The first-order valence-corrected chi connectivity index (χ1v) is 6.96. The Balaban J connectivity index is 2.43. The van der Waals surface area contributed by atoms with Crippen LogP contribution in [0.1, 0.15) is 29.3 Å². The molecule has 1 aromatic rings. The van der Waals surface area contributed by atoms with Gasteiger partial charge in [0.05, 0.1) is 5.56 Å². The van der Waals surface area contributed by atoms with Gasteiger partial charge in [-0.3, -0.25) is 9.69 Å². The molecule has 1 amide bonds. The van der Waals surface area contributed by atoms with Crippen molar-refractivity contribution in [2.24, 2.45) is 5.92 Å². The SMILES string of the molecule is C[C@H]1CCc2c(sc(N(C)C(=O)C(F)(F)F)c2C#N)C1. The van der Waals surface area contributed by atoms with Crippen molar-refractivity contribution in [3.8, 4) is 6.07 Å². The molecule has 0 fully saturated rings. The van der Waals surface area contributed by atoms with Gasteiger partial charge in [0.25, 0.3) is 0 Å². The fourth-order valence-corrected chi connectivity index (χ4v) is 3.79. The summed E-state index contributed by atoms with van der Waals surface area (Å²) in [4.78, 5) is 12.8. The van der Waals surface area contributed by atoms with Crippen LogP contribution in [0.15, 0.2) is 0 Å². The minimum atomic E-state index is -4.93. The molecule has 1 heterocycles. The second-order valence-corrected chi connectivity index (χ2v) is 6.09. The molecule has 0 unspecified atom stereocenters. The number of rotatable bonds is 1. The van der Waals surface area contributed by atoms with Crippen LogP contribution >= 0.6 is 11.3 Å². The number of amides is 1. The summed E-state index contributed by atoms with van der Waals surface area (Å²) in [6, 6.07) is 1.95. The number of carbonyl (C=O) groups excluding carboxylic acids is 1. The fourth-order valence-electron chi connectivity index (χ4n) is 2.37. The molecule has 0 aromatic carbocycles. The Morgan fingerprint density at radius 3 is 2.70 bits per heavy atom. The first-order valence-electron chi connectivity index (χ1n) is 6.15. The number of carbonyl (C=O) groups is 1. The van der Waals surface area contributed by atoms with Crippen molar-refractivity contribution in [3.05, 3.63) is 16.0 Å². The van der Waals surface area contributed by atoms with Gasteiger partial charge in [-0.15, -0.1) is 11.3 Å². The van der Waals surface area contributed by atoms with E-state index in [0.717, 1.165) is 41.7 Å². The first-order chi connectivity index (χ1) is 9.25. The van der Waals surface area contributed by atoms with E-state index in [2.05, 4.69) is 6.92 Å². The molecule has 1 aliphatic carbocycles. The summed E-state index contributed by atoms with van der Waals surface area (Å²) in [6.07, 6.45) is -2.58. The average molecular weight is 302 g/mol. The molecular weight excluding hydrogens is 289 g/mol. The largest absolute Gasteiger partial charge is 0.471 e. The number of halogens is 3. The van der Waals surface area contributed by atoms with Crippen molar-refractivity contribution in [1.82, 2.24) is 0 Å². The van der Waals surface area contributed by atoms with Crippen LogP contribution in [-0.2, 0) is 17.6 Å². The van der Waals surface area contributed by atoms with E-state index >= 15 is 0 Å². The number of nitrogens with zero attached hydrogens (tertiary/aromatic N) is 2. The molecule has 0 saturated carbocycles. The molecule has 7 heteroatoms. The zero-order valence-electron chi connectivity index (χ0n) is 11.0. The van der Waals surface area contributed by atoms with E-state index in [4.69, 9.17) is 0 Å². The number of thiophene rings is 1. The van der Waals surface area contributed by atoms with E-state index in [-0.39, 0.29) is 10.6 Å². The van der Waals surface area contributed by atoms with Gasteiger partial charge in [0.1, 0.15) is 11.1 Å². The predicted molar refractivity (Wildman–Crippen MR) is 69.7 cm³/mol. The van der Waals surface area contributed by atoms with Crippen LogP contribution in [0.2, 0.25) is 0 Å². The third-order valence-corrected chi connectivity index (χ3v) is 4.79. The van der Waals surface area contributed by atoms with Crippen LogP contribution in [0.5, 0.6) is 0 Å². The Morgan fingerprint density at radius 2 is 2.15 bits per heavy atom. The lowest BCUT2D eigenvalue weighted by molar-refractivity contribution is -0.170. The van der Waals surface area contributed by atoms with Gasteiger partial charge < -0.3 is 0 Å². The third-order valence-electron chi connectivity index (χ3n) is 3.46. The molecule has 2 rings (SSSR count). The van der Waals surface area contributed by atoms with Crippen molar-refractivity contribution < 1.29 is 18.0 Å². The van der Waals surface area contributed by atoms with Gasteiger partial charge in [-0.2, -0.15) is 18.4 Å². The fraction of sp³-hybridized carbons (Fsp3) is 0.538. The minimum Gasteiger partial charge on any atom is -0.298 e. The standard InChI is InChI=1S/C13H13F3N2OS/c1-7-3-4-8-9(6-17)11(20-10(8)5-7)18(2)12(19)13(14,15)16/h7H,3-5H2,1-2H3/t7-/m0/s1. The van der Waals surface area contributed by atoms with E-state index in [1.807, 2.05) is 6.07 Å². The molecule has 1 atom stereocenters. The lowest BCUT2D eigenvalue weighted by Crippen LogP contribution is -2.38. The van der Waals surface area contributed by atoms with Crippen molar-refractivity contribution >= 4 is 22.2 Å².